The standard InChI is InChI=1S/C27H31ClN4O3S2/c1-3-15-32-22(14-9-18-7-5-4-6-8-18)30-31-27(32)37-17-23(33)29-25-24(26(34)35-2)21(16-36-25)19-10-12-20(28)13-11-19/h3,10-13,16,18H,1,4-9,14-15,17H2,2H3,(H,29,33). The SMILES string of the molecule is C=CCn1c(CCC2CCCCC2)nnc1SCC(=O)Nc1scc(-c2ccc(Cl)cc2)c1C(=O)OC. The Bertz CT molecular complexity index is 1230. The van der Waals surface area contributed by atoms with E-state index in [2.05, 4.69) is 22.1 Å². The molecule has 0 unspecified atom stereocenters. The first-order valence-electron chi connectivity index (χ1n) is 12.4. The lowest BCUT2D eigenvalue weighted by atomic mass is 9.86. The van der Waals surface area contributed by atoms with Crippen molar-refractivity contribution in [3.8, 4) is 11.1 Å². The minimum Gasteiger partial charge on any atom is -0.465 e. The molecule has 0 aliphatic heterocycles. The molecule has 1 amide bonds. The number of thiophene rings is 1. The number of hydrogen-bond acceptors (Lipinski definition) is 7. The molecule has 7 nitrogen and oxygen atoms in total. The van der Waals surface area contributed by atoms with E-state index < -0.39 is 5.97 Å². The topological polar surface area (TPSA) is 86.1 Å². The molecule has 2 aromatic heterocycles. The molecule has 37 heavy (non-hydrogen) atoms. The quantitative estimate of drug-likeness (QED) is 0.157. The summed E-state index contributed by atoms with van der Waals surface area (Å²) in [5, 5.41) is 15.2. The van der Waals surface area contributed by atoms with E-state index in [1.54, 1.807) is 12.1 Å². The zero-order valence-electron chi connectivity index (χ0n) is 20.9. The number of aromatic nitrogens is 3. The number of thioether (sulfide) groups is 1. The van der Waals surface area contributed by atoms with E-state index in [1.807, 2.05) is 28.2 Å². The number of carbonyl (C=O) groups is 2. The third-order valence-corrected chi connectivity index (χ3v) is 8.64. The van der Waals surface area contributed by atoms with Crippen LogP contribution in [0.2, 0.25) is 5.02 Å². The van der Waals surface area contributed by atoms with Gasteiger partial charge in [-0.2, -0.15) is 0 Å². The van der Waals surface area contributed by atoms with Crippen molar-refractivity contribution in [2.75, 3.05) is 18.2 Å². The average molecular weight is 559 g/mol. The molecule has 1 N–H and O–H groups in total. The summed E-state index contributed by atoms with van der Waals surface area (Å²) in [4.78, 5) is 25.5. The highest BCUT2D eigenvalue weighted by atomic mass is 35.5. The second kappa shape index (κ2) is 13.3. The van der Waals surface area contributed by atoms with Gasteiger partial charge in [0.1, 0.15) is 16.4 Å². The number of benzene rings is 1. The van der Waals surface area contributed by atoms with Gasteiger partial charge in [0, 0.05) is 28.9 Å². The van der Waals surface area contributed by atoms with E-state index in [-0.39, 0.29) is 11.7 Å². The van der Waals surface area contributed by atoms with Crippen molar-refractivity contribution in [3.63, 3.8) is 0 Å². The molecule has 1 aliphatic carbocycles. The molecule has 2 heterocycles. The number of halogens is 1. The summed E-state index contributed by atoms with van der Waals surface area (Å²) in [6.45, 7) is 4.47. The van der Waals surface area contributed by atoms with Crippen LogP contribution in [-0.4, -0.2) is 39.5 Å². The predicted molar refractivity (Wildman–Crippen MR) is 151 cm³/mol. The first kappa shape index (κ1) is 27.4. The van der Waals surface area contributed by atoms with Crippen LogP contribution in [0.25, 0.3) is 11.1 Å². The number of carbonyl (C=O) groups excluding carboxylic acids is 2. The minimum absolute atomic E-state index is 0.132. The Balaban J connectivity index is 1.42. The van der Waals surface area contributed by atoms with E-state index in [0.717, 1.165) is 30.1 Å². The molecular weight excluding hydrogens is 528 g/mol. The van der Waals surface area contributed by atoms with E-state index in [9.17, 15) is 9.59 Å². The monoisotopic (exact) mass is 558 g/mol. The molecule has 196 valence electrons. The van der Waals surface area contributed by atoms with Crippen LogP contribution in [0.4, 0.5) is 5.00 Å². The number of anilines is 1. The van der Waals surface area contributed by atoms with Crippen molar-refractivity contribution in [1.29, 1.82) is 0 Å². The van der Waals surface area contributed by atoms with Gasteiger partial charge in [-0.25, -0.2) is 4.79 Å². The van der Waals surface area contributed by atoms with Crippen molar-refractivity contribution < 1.29 is 14.3 Å². The van der Waals surface area contributed by atoms with Gasteiger partial charge in [-0.05, 0) is 30.0 Å². The lowest BCUT2D eigenvalue weighted by molar-refractivity contribution is -0.113. The molecule has 1 saturated carbocycles. The van der Waals surface area contributed by atoms with E-state index >= 15 is 0 Å². The number of aryl methyl sites for hydroxylation is 1. The van der Waals surface area contributed by atoms with Crippen molar-refractivity contribution in [1.82, 2.24) is 14.8 Å². The molecule has 1 aliphatic rings. The van der Waals surface area contributed by atoms with Crippen LogP contribution in [0.15, 0.2) is 47.5 Å². The second-order valence-corrected chi connectivity index (χ2v) is 11.3. The van der Waals surface area contributed by atoms with Crippen molar-refractivity contribution in [2.45, 2.75) is 56.6 Å². The zero-order valence-corrected chi connectivity index (χ0v) is 23.3. The molecule has 3 aromatic rings. The number of methoxy groups -OCH3 is 1. The largest absolute Gasteiger partial charge is 0.465 e. The molecule has 1 aromatic carbocycles. The van der Waals surface area contributed by atoms with Crippen molar-refractivity contribution in [3.05, 3.63) is 58.7 Å². The molecule has 4 rings (SSSR count). The molecule has 0 spiro atoms. The number of allylic oxidation sites excluding steroid dienone is 1. The number of nitrogens with one attached hydrogen (secondary N) is 1. The highest BCUT2D eigenvalue weighted by molar-refractivity contribution is 7.99. The molecule has 10 heteroatoms. The fourth-order valence-electron chi connectivity index (χ4n) is 4.62. The van der Waals surface area contributed by atoms with Gasteiger partial charge < -0.3 is 14.6 Å². The molecular formula is C27H31ClN4O3S2. The lowest BCUT2D eigenvalue weighted by Gasteiger charge is -2.21. The first-order chi connectivity index (χ1) is 18.0. The Morgan fingerprint density at radius 1 is 1.24 bits per heavy atom. The fraction of sp³-hybridized carbons (Fsp3) is 0.407. The summed E-state index contributed by atoms with van der Waals surface area (Å²) in [7, 11) is 1.32. The number of esters is 1. The van der Waals surface area contributed by atoms with Crippen molar-refractivity contribution in [2.24, 2.45) is 5.92 Å². The van der Waals surface area contributed by atoms with Gasteiger partial charge in [0.2, 0.25) is 5.91 Å². The average Bonchev–Trinajstić information content (AvgIpc) is 3.51. The maximum atomic E-state index is 12.9. The van der Waals surface area contributed by atoms with Gasteiger partial charge in [-0.15, -0.1) is 28.1 Å². The Morgan fingerprint density at radius 2 is 2.00 bits per heavy atom. The summed E-state index contributed by atoms with van der Waals surface area (Å²) >= 11 is 8.62. The van der Waals surface area contributed by atoms with Crippen LogP contribution >= 0.6 is 34.7 Å². The van der Waals surface area contributed by atoms with Gasteiger partial charge in [-0.1, -0.05) is 73.7 Å². The second-order valence-electron chi connectivity index (χ2n) is 9.03. The number of nitrogens with zero attached hydrogens (tertiary/aromatic N) is 3. The Kier molecular flexibility index (Phi) is 9.82. The highest BCUT2D eigenvalue weighted by Gasteiger charge is 2.23. The number of rotatable bonds is 11. The van der Waals surface area contributed by atoms with Crippen LogP contribution in [0.3, 0.4) is 0 Å². The molecule has 1 fully saturated rings. The van der Waals surface area contributed by atoms with Crippen LogP contribution in [0.5, 0.6) is 0 Å². The van der Waals surface area contributed by atoms with E-state index in [1.165, 1.54) is 62.3 Å². The van der Waals surface area contributed by atoms with Crippen LogP contribution in [0.1, 0.15) is 54.7 Å². The van der Waals surface area contributed by atoms with Crippen LogP contribution in [-0.2, 0) is 22.5 Å². The Morgan fingerprint density at radius 3 is 2.70 bits per heavy atom. The zero-order chi connectivity index (χ0) is 26.2. The highest BCUT2D eigenvalue weighted by Crippen LogP contribution is 2.37. The van der Waals surface area contributed by atoms with E-state index in [4.69, 9.17) is 16.3 Å². The molecule has 0 atom stereocenters. The molecule has 0 radical (unpaired) electrons. The Labute approximate surface area is 230 Å². The van der Waals surface area contributed by atoms with E-state index in [0.29, 0.717) is 32.9 Å². The normalized spacial score (nSPS) is 13.9. The predicted octanol–water partition coefficient (Wildman–Crippen LogP) is 6.88. The number of amides is 1. The number of ether oxygens (including phenoxy) is 1. The first-order valence-corrected chi connectivity index (χ1v) is 14.7. The van der Waals surface area contributed by atoms with Crippen molar-refractivity contribution >= 4 is 51.6 Å². The van der Waals surface area contributed by atoms with Gasteiger partial charge in [0.15, 0.2) is 5.16 Å². The third kappa shape index (κ3) is 7.03. The lowest BCUT2D eigenvalue weighted by Crippen LogP contribution is -2.16. The van der Waals surface area contributed by atoms with Gasteiger partial charge in [0.05, 0.1) is 12.9 Å². The summed E-state index contributed by atoms with van der Waals surface area (Å²) < 4.78 is 7.04. The Hall–Kier alpha value is -2.62. The van der Waals surface area contributed by atoms with Gasteiger partial charge in [0.25, 0.3) is 0 Å². The van der Waals surface area contributed by atoms with Crippen LogP contribution < -0.4 is 5.32 Å². The molecule has 0 saturated heterocycles. The fourth-order valence-corrected chi connectivity index (χ4v) is 6.49. The number of hydrogen-bond donors (Lipinski definition) is 1. The van der Waals surface area contributed by atoms with Crippen LogP contribution in [0, 0.1) is 5.92 Å². The summed E-state index contributed by atoms with van der Waals surface area (Å²) in [6.07, 6.45) is 10.4. The summed E-state index contributed by atoms with van der Waals surface area (Å²) in [5.41, 5.74) is 1.83. The van der Waals surface area contributed by atoms with Gasteiger partial charge in [-0.3, -0.25) is 4.79 Å². The summed E-state index contributed by atoms with van der Waals surface area (Å²) in [6, 6.07) is 7.17. The maximum Gasteiger partial charge on any atom is 0.341 e. The maximum absolute atomic E-state index is 12.9. The summed E-state index contributed by atoms with van der Waals surface area (Å²) in [5.74, 6) is 1.08. The minimum atomic E-state index is -0.512. The van der Waals surface area contributed by atoms with Gasteiger partial charge >= 0.3 is 5.97 Å². The molecule has 0 bridgehead atoms. The smallest absolute Gasteiger partial charge is 0.341 e. The third-order valence-electron chi connectivity index (χ3n) is 6.53.